The zero-order chi connectivity index (χ0) is 23.5. The van der Waals surface area contributed by atoms with Crippen LogP contribution in [0.4, 0.5) is 5.69 Å². The molecule has 0 aliphatic carbocycles. The van der Waals surface area contributed by atoms with Gasteiger partial charge in [-0.3, -0.25) is 9.59 Å². The number of piperidine rings is 1. The number of hydrogen-bond acceptors (Lipinski definition) is 3. The van der Waals surface area contributed by atoms with E-state index in [9.17, 15) is 9.59 Å². The van der Waals surface area contributed by atoms with Crippen LogP contribution in [-0.2, 0) is 22.6 Å². The summed E-state index contributed by atoms with van der Waals surface area (Å²) in [5, 5.41) is 0. The first-order valence-corrected chi connectivity index (χ1v) is 12.8. The Balaban J connectivity index is 1.39. The van der Waals surface area contributed by atoms with Crippen molar-refractivity contribution < 1.29 is 9.59 Å². The first-order valence-electron chi connectivity index (χ1n) is 12.8. The summed E-state index contributed by atoms with van der Waals surface area (Å²) in [4.78, 5) is 34.9. The van der Waals surface area contributed by atoms with Crippen molar-refractivity contribution in [2.75, 3.05) is 24.5 Å². The number of nitrogens with zero attached hydrogens (tertiary/aromatic N) is 4. The summed E-state index contributed by atoms with van der Waals surface area (Å²) in [5.74, 6) is 1.08. The molecule has 6 nitrogen and oxygen atoms in total. The number of aryl methyl sites for hydroxylation is 1. The van der Waals surface area contributed by atoms with Crippen molar-refractivity contribution in [1.29, 1.82) is 0 Å². The van der Waals surface area contributed by atoms with E-state index in [1.165, 1.54) is 24.8 Å². The van der Waals surface area contributed by atoms with Gasteiger partial charge in [0.2, 0.25) is 11.8 Å². The van der Waals surface area contributed by atoms with Crippen LogP contribution < -0.4 is 4.90 Å². The van der Waals surface area contributed by atoms with Gasteiger partial charge in [-0.15, -0.1) is 0 Å². The molecule has 2 aliphatic heterocycles. The van der Waals surface area contributed by atoms with E-state index in [-0.39, 0.29) is 24.3 Å². The minimum atomic E-state index is -0.0335. The van der Waals surface area contributed by atoms with Crippen LogP contribution in [0.5, 0.6) is 0 Å². The number of carbonyl (C=O) groups is 2. The van der Waals surface area contributed by atoms with E-state index in [4.69, 9.17) is 4.98 Å². The standard InChI is InChI=1S/C28H34N4O2/c1-2-3-9-21-12-14-23(15-13-21)31-19-22(18-26(31)33)28-29-24-10-5-6-11-25(24)32(28)20-27(34)30-16-7-4-8-17-30/h5-6,10-15,22H,2-4,7-9,16-20H2,1H3. The van der Waals surface area contributed by atoms with Crippen molar-refractivity contribution in [2.45, 2.75) is 64.3 Å². The summed E-state index contributed by atoms with van der Waals surface area (Å²) >= 11 is 0. The molecule has 0 spiro atoms. The summed E-state index contributed by atoms with van der Waals surface area (Å²) in [5.41, 5.74) is 4.11. The van der Waals surface area contributed by atoms with Crippen molar-refractivity contribution in [2.24, 2.45) is 0 Å². The summed E-state index contributed by atoms with van der Waals surface area (Å²) in [6.45, 7) is 4.75. The van der Waals surface area contributed by atoms with Gasteiger partial charge in [-0.25, -0.2) is 4.98 Å². The van der Waals surface area contributed by atoms with E-state index in [2.05, 4.69) is 35.8 Å². The smallest absolute Gasteiger partial charge is 0.242 e. The van der Waals surface area contributed by atoms with Gasteiger partial charge in [-0.05, 0) is 61.9 Å². The van der Waals surface area contributed by atoms with Gasteiger partial charge in [-0.2, -0.15) is 0 Å². The Morgan fingerprint density at radius 1 is 1.03 bits per heavy atom. The lowest BCUT2D eigenvalue weighted by Crippen LogP contribution is -2.38. The Kier molecular flexibility index (Phi) is 6.66. The topological polar surface area (TPSA) is 58.4 Å². The third-order valence-corrected chi connectivity index (χ3v) is 7.24. The molecule has 1 atom stereocenters. The lowest BCUT2D eigenvalue weighted by Gasteiger charge is -2.27. The Labute approximate surface area is 201 Å². The Morgan fingerprint density at radius 2 is 1.79 bits per heavy atom. The number of unbranched alkanes of at least 4 members (excludes halogenated alkanes) is 1. The fourth-order valence-corrected chi connectivity index (χ4v) is 5.30. The first kappa shape index (κ1) is 22.6. The van der Waals surface area contributed by atoms with Crippen LogP contribution in [0.3, 0.4) is 0 Å². The molecule has 0 radical (unpaired) electrons. The second-order valence-electron chi connectivity index (χ2n) is 9.66. The van der Waals surface area contributed by atoms with Gasteiger partial charge >= 0.3 is 0 Å². The molecule has 3 heterocycles. The summed E-state index contributed by atoms with van der Waals surface area (Å²) < 4.78 is 2.06. The molecule has 5 rings (SSSR count). The number of amides is 2. The SMILES string of the molecule is CCCCc1ccc(N2CC(c3nc4ccccc4n3CC(=O)N3CCCCC3)CC2=O)cc1. The minimum Gasteiger partial charge on any atom is -0.341 e. The van der Waals surface area contributed by atoms with Crippen LogP contribution in [0.15, 0.2) is 48.5 Å². The van der Waals surface area contributed by atoms with E-state index in [1.807, 2.05) is 34.1 Å². The lowest BCUT2D eigenvalue weighted by molar-refractivity contribution is -0.132. The molecule has 1 unspecified atom stereocenters. The van der Waals surface area contributed by atoms with Crippen LogP contribution in [0.1, 0.15) is 62.8 Å². The highest BCUT2D eigenvalue weighted by Crippen LogP contribution is 2.33. The minimum absolute atomic E-state index is 0.0335. The number of anilines is 1. The monoisotopic (exact) mass is 458 g/mol. The van der Waals surface area contributed by atoms with Gasteiger partial charge in [-0.1, -0.05) is 37.6 Å². The number of carbonyl (C=O) groups excluding carboxylic acids is 2. The number of rotatable bonds is 7. The molecule has 178 valence electrons. The summed E-state index contributed by atoms with van der Waals surface area (Å²) in [6, 6.07) is 16.4. The second kappa shape index (κ2) is 10.00. The van der Waals surface area contributed by atoms with Crippen molar-refractivity contribution >= 4 is 28.5 Å². The maximum atomic E-state index is 13.1. The number of benzene rings is 2. The Morgan fingerprint density at radius 3 is 2.56 bits per heavy atom. The Hall–Kier alpha value is -3.15. The van der Waals surface area contributed by atoms with Crippen LogP contribution in [-0.4, -0.2) is 45.9 Å². The zero-order valence-corrected chi connectivity index (χ0v) is 20.1. The molecular weight excluding hydrogens is 424 g/mol. The average molecular weight is 459 g/mol. The van der Waals surface area contributed by atoms with Gasteiger partial charge in [0, 0.05) is 37.7 Å². The molecule has 0 N–H and O–H groups in total. The predicted octanol–water partition coefficient (Wildman–Crippen LogP) is 4.91. The number of hydrogen-bond donors (Lipinski definition) is 0. The van der Waals surface area contributed by atoms with Crippen molar-refractivity contribution in [3.63, 3.8) is 0 Å². The van der Waals surface area contributed by atoms with Gasteiger partial charge in [0.1, 0.15) is 12.4 Å². The third kappa shape index (κ3) is 4.59. The van der Waals surface area contributed by atoms with E-state index >= 15 is 0 Å². The second-order valence-corrected chi connectivity index (χ2v) is 9.66. The van der Waals surface area contributed by atoms with E-state index in [1.54, 1.807) is 0 Å². The fraction of sp³-hybridized carbons (Fsp3) is 0.464. The largest absolute Gasteiger partial charge is 0.341 e. The normalized spacial score (nSPS) is 18.7. The molecular formula is C28H34N4O2. The molecule has 0 saturated carbocycles. The highest BCUT2D eigenvalue weighted by atomic mass is 16.2. The third-order valence-electron chi connectivity index (χ3n) is 7.24. The quantitative estimate of drug-likeness (QED) is 0.505. The van der Waals surface area contributed by atoms with Crippen LogP contribution >= 0.6 is 0 Å². The number of fused-ring (bicyclic) bond motifs is 1. The highest BCUT2D eigenvalue weighted by molar-refractivity contribution is 5.96. The molecule has 3 aromatic rings. The van der Waals surface area contributed by atoms with Crippen LogP contribution in [0.25, 0.3) is 11.0 Å². The lowest BCUT2D eigenvalue weighted by atomic mass is 10.1. The van der Waals surface area contributed by atoms with Crippen LogP contribution in [0, 0.1) is 0 Å². The number of likely N-dealkylation sites (tertiary alicyclic amines) is 1. The zero-order valence-electron chi connectivity index (χ0n) is 20.1. The summed E-state index contributed by atoms with van der Waals surface area (Å²) in [7, 11) is 0. The summed E-state index contributed by atoms with van der Waals surface area (Å²) in [6.07, 6.45) is 7.19. The van der Waals surface area contributed by atoms with Gasteiger partial charge in [0.15, 0.2) is 0 Å². The van der Waals surface area contributed by atoms with Gasteiger partial charge < -0.3 is 14.4 Å². The van der Waals surface area contributed by atoms with Gasteiger partial charge in [0.25, 0.3) is 0 Å². The van der Waals surface area contributed by atoms with Crippen molar-refractivity contribution in [3.8, 4) is 0 Å². The molecule has 6 heteroatoms. The molecule has 2 aromatic carbocycles. The van der Waals surface area contributed by atoms with Gasteiger partial charge in [0.05, 0.1) is 11.0 Å². The molecule has 0 bridgehead atoms. The molecule has 2 aliphatic rings. The van der Waals surface area contributed by atoms with E-state index in [0.717, 1.165) is 54.9 Å². The highest BCUT2D eigenvalue weighted by Gasteiger charge is 2.35. The Bertz CT molecular complexity index is 1160. The van der Waals surface area contributed by atoms with E-state index < -0.39 is 0 Å². The van der Waals surface area contributed by atoms with Crippen LogP contribution in [0.2, 0.25) is 0 Å². The molecule has 2 amide bonds. The molecule has 1 aromatic heterocycles. The molecule has 34 heavy (non-hydrogen) atoms. The van der Waals surface area contributed by atoms with Crippen molar-refractivity contribution in [1.82, 2.24) is 14.5 Å². The number of para-hydroxylation sites is 2. The van der Waals surface area contributed by atoms with E-state index in [0.29, 0.717) is 13.0 Å². The molecule has 2 saturated heterocycles. The average Bonchev–Trinajstić information content (AvgIpc) is 3.44. The molecule has 2 fully saturated rings. The predicted molar refractivity (Wildman–Crippen MR) is 135 cm³/mol. The maximum Gasteiger partial charge on any atom is 0.242 e. The first-order chi connectivity index (χ1) is 16.6. The number of aromatic nitrogens is 2. The van der Waals surface area contributed by atoms with Crippen molar-refractivity contribution in [3.05, 3.63) is 59.9 Å². The fourth-order valence-electron chi connectivity index (χ4n) is 5.30. The maximum absolute atomic E-state index is 13.1. The number of imidazole rings is 1.